The molecule has 0 aliphatic rings. The predicted molar refractivity (Wildman–Crippen MR) is 108 cm³/mol. The summed E-state index contributed by atoms with van der Waals surface area (Å²) in [7, 11) is 0. The molecule has 0 spiro atoms. The first kappa shape index (κ1) is 18.7. The van der Waals surface area contributed by atoms with Crippen LogP contribution < -0.4 is 0 Å². The Morgan fingerprint density at radius 1 is 0.815 bits per heavy atom. The molecular weight excluding hydrogens is 360 g/mol. The maximum Gasteiger partial charge on any atom is 0.153 e. The second-order valence-electron chi connectivity index (χ2n) is 6.14. The maximum absolute atomic E-state index is 13.9. The molecular formula is C23H15F2NS. The molecule has 0 bridgehead atoms. The molecule has 0 aromatic heterocycles. The van der Waals surface area contributed by atoms with Crippen molar-refractivity contribution in [2.24, 2.45) is 4.99 Å². The summed E-state index contributed by atoms with van der Waals surface area (Å²) in [6.45, 7) is 4.01. The minimum Gasteiger partial charge on any atom is -0.204 e. The number of hydrogen-bond acceptors (Lipinski definition) is 2. The van der Waals surface area contributed by atoms with Gasteiger partial charge in [-0.15, -0.1) is 0 Å². The summed E-state index contributed by atoms with van der Waals surface area (Å²) in [6.07, 6.45) is 0. The van der Waals surface area contributed by atoms with E-state index < -0.39 is 17.3 Å². The number of isothiocyanates is 1. The summed E-state index contributed by atoms with van der Waals surface area (Å²) in [5.41, 5.74) is 5.00. The van der Waals surface area contributed by atoms with Crippen LogP contribution in [0, 0.1) is 37.3 Å². The van der Waals surface area contributed by atoms with E-state index in [1.807, 2.05) is 37.2 Å². The molecule has 0 saturated heterocycles. The molecule has 3 aromatic rings. The number of halogens is 2. The minimum absolute atomic E-state index is 0.232. The van der Waals surface area contributed by atoms with Crippen molar-refractivity contribution in [3.63, 3.8) is 0 Å². The highest BCUT2D eigenvalue weighted by molar-refractivity contribution is 7.78. The van der Waals surface area contributed by atoms with E-state index in [1.165, 1.54) is 5.56 Å². The van der Waals surface area contributed by atoms with Gasteiger partial charge in [0.25, 0.3) is 0 Å². The van der Waals surface area contributed by atoms with Crippen molar-refractivity contribution in [2.75, 3.05) is 0 Å². The van der Waals surface area contributed by atoms with Gasteiger partial charge in [0.2, 0.25) is 0 Å². The van der Waals surface area contributed by atoms with E-state index in [0.29, 0.717) is 0 Å². The normalized spacial score (nSPS) is 9.93. The van der Waals surface area contributed by atoms with Gasteiger partial charge in [-0.05, 0) is 61.0 Å². The zero-order valence-electron chi connectivity index (χ0n) is 14.8. The minimum atomic E-state index is -0.817. The van der Waals surface area contributed by atoms with E-state index in [2.05, 4.69) is 53.3 Å². The molecule has 3 rings (SSSR count). The van der Waals surface area contributed by atoms with Gasteiger partial charge in [-0.2, -0.15) is 4.99 Å². The molecule has 0 radical (unpaired) electrons. The fourth-order valence-corrected chi connectivity index (χ4v) is 2.75. The Morgan fingerprint density at radius 2 is 1.44 bits per heavy atom. The van der Waals surface area contributed by atoms with Gasteiger partial charge in [0.1, 0.15) is 5.69 Å². The number of hydrogen-bond donors (Lipinski definition) is 0. The number of benzene rings is 3. The van der Waals surface area contributed by atoms with Crippen LogP contribution in [0.25, 0.3) is 11.1 Å². The fraction of sp³-hybridized carbons (Fsp3) is 0.0870. The first-order chi connectivity index (χ1) is 13.0. The third-order valence-corrected chi connectivity index (χ3v) is 4.22. The zero-order chi connectivity index (χ0) is 19.4. The van der Waals surface area contributed by atoms with Crippen LogP contribution in [-0.2, 0) is 0 Å². The van der Waals surface area contributed by atoms with Crippen LogP contribution >= 0.6 is 12.2 Å². The molecule has 1 nitrogen and oxygen atoms in total. The fourth-order valence-electron chi connectivity index (χ4n) is 2.66. The molecule has 0 atom stereocenters. The van der Waals surface area contributed by atoms with Crippen LogP contribution in [0.4, 0.5) is 14.5 Å². The Labute approximate surface area is 162 Å². The molecule has 3 aromatic carbocycles. The van der Waals surface area contributed by atoms with E-state index in [0.717, 1.165) is 34.4 Å². The van der Waals surface area contributed by atoms with E-state index in [-0.39, 0.29) is 5.56 Å². The molecule has 0 N–H and O–H groups in total. The van der Waals surface area contributed by atoms with Crippen molar-refractivity contribution in [2.45, 2.75) is 13.8 Å². The van der Waals surface area contributed by atoms with E-state index >= 15 is 0 Å². The SMILES string of the molecule is Cc1ccc(-c2ccc(C#Cc3cc(F)c(N=C=S)c(F)c3)c(C)c2)cc1. The summed E-state index contributed by atoms with van der Waals surface area (Å²) < 4.78 is 27.8. The Morgan fingerprint density at radius 3 is 2.04 bits per heavy atom. The molecule has 0 aliphatic carbocycles. The van der Waals surface area contributed by atoms with Gasteiger partial charge in [0.15, 0.2) is 11.6 Å². The molecule has 0 aliphatic heterocycles. The van der Waals surface area contributed by atoms with Gasteiger partial charge >= 0.3 is 0 Å². The number of nitrogens with zero attached hydrogens (tertiary/aromatic N) is 1. The van der Waals surface area contributed by atoms with Crippen molar-refractivity contribution < 1.29 is 8.78 Å². The third-order valence-electron chi connectivity index (χ3n) is 4.13. The van der Waals surface area contributed by atoms with Crippen LogP contribution in [0.3, 0.4) is 0 Å². The summed E-state index contributed by atoms with van der Waals surface area (Å²) in [5, 5.41) is 1.96. The highest BCUT2D eigenvalue weighted by atomic mass is 32.1. The van der Waals surface area contributed by atoms with E-state index in [4.69, 9.17) is 0 Å². The quantitative estimate of drug-likeness (QED) is 0.287. The molecule has 0 unspecified atom stereocenters. The van der Waals surface area contributed by atoms with Crippen molar-refractivity contribution in [1.29, 1.82) is 0 Å². The lowest BCUT2D eigenvalue weighted by atomic mass is 9.99. The maximum atomic E-state index is 13.9. The highest BCUT2D eigenvalue weighted by Crippen LogP contribution is 2.24. The Hall–Kier alpha value is -3.12. The zero-order valence-corrected chi connectivity index (χ0v) is 15.6. The monoisotopic (exact) mass is 375 g/mol. The molecule has 132 valence electrons. The summed E-state index contributed by atoms with van der Waals surface area (Å²) >= 11 is 4.39. The molecule has 0 heterocycles. The first-order valence-corrected chi connectivity index (χ1v) is 8.65. The van der Waals surface area contributed by atoms with Crippen molar-refractivity contribution >= 4 is 23.1 Å². The molecule has 0 amide bonds. The molecule has 27 heavy (non-hydrogen) atoms. The Balaban J connectivity index is 1.91. The standard InChI is InChI=1S/C23H15F2NS/c1-15-3-6-19(7-4-15)20-10-9-18(16(2)11-20)8-5-17-12-21(24)23(26-14-27)22(25)13-17/h3-4,6-7,9-13H,1-2H3. The van der Waals surface area contributed by atoms with Crippen LogP contribution in [0.2, 0.25) is 0 Å². The number of aliphatic imine (C=N–C) groups is 1. The largest absolute Gasteiger partial charge is 0.204 e. The average molecular weight is 375 g/mol. The van der Waals surface area contributed by atoms with E-state index in [9.17, 15) is 8.78 Å². The topological polar surface area (TPSA) is 12.4 Å². The average Bonchev–Trinajstić information content (AvgIpc) is 2.64. The van der Waals surface area contributed by atoms with Gasteiger partial charge in [-0.25, -0.2) is 8.78 Å². The Kier molecular flexibility index (Phi) is 5.57. The smallest absolute Gasteiger partial charge is 0.153 e. The van der Waals surface area contributed by atoms with Gasteiger partial charge < -0.3 is 0 Å². The Bertz CT molecular complexity index is 1090. The van der Waals surface area contributed by atoms with Gasteiger partial charge in [-0.3, -0.25) is 0 Å². The van der Waals surface area contributed by atoms with Gasteiger partial charge in [0, 0.05) is 11.1 Å². The second-order valence-corrected chi connectivity index (χ2v) is 6.32. The highest BCUT2D eigenvalue weighted by Gasteiger charge is 2.09. The lowest BCUT2D eigenvalue weighted by Crippen LogP contribution is -1.88. The van der Waals surface area contributed by atoms with Gasteiger partial charge in [0.05, 0.1) is 5.16 Å². The second kappa shape index (κ2) is 8.05. The van der Waals surface area contributed by atoms with Crippen molar-refractivity contribution in [3.05, 3.63) is 88.5 Å². The summed E-state index contributed by atoms with van der Waals surface area (Å²) in [6, 6.07) is 16.5. The third kappa shape index (κ3) is 4.35. The van der Waals surface area contributed by atoms with Gasteiger partial charge in [-0.1, -0.05) is 53.8 Å². The van der Waals surface area contributed by atoms with Crippen LogP contribution in [-0.4, -0.2) is 5.16 Å². The van der Waals surface area contributed by atoms with Crippen LogP contribution in [0.15, 0.2) is 59.6 Å². The predicted octanol–water partition coefficient (Wildman–Crippen LogP) is 6.38. The number of thiocarbonyl (C=S) groups is 1. The lowest BCUT2D eigenvalue weighted by Gasteiger charge is -2.05. The van der Waals surface area contributed by atoms with Crippen LogP contribution in [0.1, 0.15) is 22.3 Å². The lowest BCUT2D eigenvalue weighted by molar-refractivity contribution is 0.587. The molecule has 0 saturated carbocycles. The summed E-state index contributed by atoms with van der Waals surface area (Å²) in [4.78, 5) is 3.39. The van der Waals surface area contributed by atoms with E-state index in [1.54, 1.807) is 0 Å². The first-order valence-electron chi connectivity index (χ1n) is 8.24. The van der Waals surface area contributed by atoms with Crippen molar-refractivity contribution in [1.82, 2.24) is 0 Å². The number of rotatable bonds is 2. The number of aryl methyl sites for hydroxylation is 2. The molecule has 0 fully saturated rings. The summed E-state index contributed by atoms with van der Waals surface area (Å²) in [5.74, 6) is 4.14. The molecule has 4 heteroatoms. The van der Waals surface area contributed by atoms with Crippen molar-refractivity contribution in [3.8, 4) is 23.0 Å². The van der Waals surface area contributed by atoms with Crippen LogP contribution in [0.5, 0.6) is 0 Å².